The fourth-order valence-electron chi connectivity index (χ4n) is 2.80. The van der Waals surface area contributed by atoms with Gasteiger partial charge in [0.1, 0.15) is 5.75 Å². The van der Waals surface area contributed by atoms with E-state index in [9.17, 15) is 18.0 Å². The summed E-state index contributed by atoms with van der Waals surface area (Å²) < 4.78 is 40.6. The molecule has 2 aliphatic rings. The number of nitrogens with one attached hydrogen (secondary N) is 1. The molecule has 0 aromatic heterocycles. The van der Waals surface area contributed by atoms with Crippen LogP contribution in [0.2, 0.25) is 0 Å². The smallest absolute Gasteiger partial charge is 0.406 e. The second-order valence-corrected chi connectivity index (χ2v) is 5.37. The lowest BCUT2D eigenvalue weighted by molar-refractivity contribution is -0.274. The first kappa shape index (κ1) is 13.3. The molecule has 3 nitrogen and oxygen atoms in total. The van der Waals surface area contributed by atoms with Crippen LogP contribution in [-0.2, 0) is 4.79 Å². The monoisotopic (exact) mass is 285 g/mol. The molecule has 1 saturated carbocycles. The SMILES string of the molecule is O=C1Nc2ccc(OC(F)(F)F)cc2C1CC1CCC1. The summed E-state index contributed by atoms with van der Waals surface area (Å²) in [5.41, 5.74) is 1.21. The summed E-state index contributed by atoms with van der Waals surface area (Å²) >= 11 is 0. The minimum atomic E-state index is -4.71. The number of rotatable bonds is 3. The number of halogens is 3. The number of fused-ring (bicyclic) bond motifs is 1. The van der Waals surface area contributed by atoms with Crippen LogP contribution in [0, 0.1) is 5.92 Å². The molecular formula is C14H14F3NO2. The highest BCUT2D eigenvalue weighted by Gasteiger charge is 2.36. The molecule has 1 aromatic carbocycles. The molecule has 1 heterocycles. The molecule has 1 fully saturated rings. The Balaban J connectivity index is 1.83. The van der Waals surface area contributed by atoms with Crippen molar-refractivity contribution in [1.82, 2.24) is 0 Å². The number of ether oxygens (including phenoxy) is 1. The third-order valence-corrected chi connectivity index (χ3v) is 4.00. The van der Waals surface area contributed by atoms with E-state index in [4.69, 9.17) is 0 Å². The molecule has 1 aromatic rings. The first-order chi connectivity index (χ1) is 9.42. The third-order valence-electron chi connectivity index (χ3n) is 4.00. The maximum absolute atomic E-state index is 12.2. The molecule has 1 amide bonds. The van der Waals surface area contributed by atoms with Crippen molar-refractivity contribution < 1.29 is 22.7 Å². The summed E-state index contributed by atoms with van der Waals surface area (Å²) in [6, 6.07) is 4.01. The van der Waals surface area contributed by atoms with E-state index in [-0.39, 0.29) is 17.6 Å². The normalized spacial score (nSPS) is 22.1. The number of amides is 1. The Morgan fingerprint density at radius 1 is 1.30 bits per heavy atom. The van der Waals surface area contributed by atoms with Crippen molar-refractivity contribution in [2.24, 2.45) is 5.92 Å². The number of hydrogen-bond donors (Lipinski definition) is 1. The van der Waals surface area contributed by atoms with Crippen molar-refractivity contribution in [2.45, 2.75) is 38.0 Å². The average Bonchev–Trinajstić information content (AvgIpc) is 2.57. The zero-order valence-corrected chi connectivity index (χ0v) is 10.7. The van der Waals surface area contributed by atoms with Crippen LogP contribution in [0.1, 0.15) is 37.2 Å². The van der Waals surface area contributed by atoms with Crippen LogP contribution in [0.15, 0.2) is 18.2 Å². The lowest BCUT2D eigenvalue weighted by atomic mass is 9.77. The Hall–Kier alpha value is -1.72. The van der Waals surface area contributed by atoms with Gasteiger partial charge in [-0.3, -0.25) is 4.79 Å². The van der Waals surface area contributed by atoms with E-state index >= 15 is 0 Å². The molecule has 1 atom stereocenters. The van der Waals surface area contributed by atoms with Crippen LogP contribution in [0.3, 0.4) is 0 Å². The van der Waals surface area contributed by atoms with Gasteiger partial charge in [0.05, 0.1) is 5.92 Å². The first-order valence-corrected chi connectivity index (χ1v) is 6.63. The van der Waals surface area contributed by atoms with Gasteiger partial charge in [-0.2, -0.15) is 0 Å². The van der Waals surface area contributed by atoms with Crippen molar-refractivity contribution >= 4 is 11.6 Å². The molecule has 1 aliphatic heterocycles. The van der Waals surface area contributed by atoms with Crippen LogP contribution in [0.25, 0.3) is 0 Å². The Labute approximate surface area is 114 Å². The summed E-state index contributed by atoms with van der Waals surface area (Å²) in [7, 11) is 0. The molecule has 1 unspecified atom stereocenters. The van der Waals surface area contributed by atoms with E-state index in [1.54, 1.807) is 0 Å². The van der Waals surface area contributed by atoms with Gasteiger partial charge >= 0.3 is 6.36 Å². The number of alkyl halides is 3. The maximum atomic E-state index is 12.2. The molecule has 108 valence electrons. The summed E-state index contributed by atoms with van der Waals surface area (Å²) in [6.45, 7) is 0. The fourth-order valence-corrected chi connectivity index (χ4v) is 2.80. The quantitative estimate of drug-likeness (QED) is 0.917. The highest BCUT2D eigenvalue weighted by atomic mass is 19.4. The minimum Gasteiger partial charge on any atom is -0.406 e. The molecule has 6 heteroatoms. The van der Waals surface area contributed by atoms with Gasteiger partial charge in [0.15, 0.2) is 0 Å². The summed E-state index contributed by atoms with van der Waals surface area (Å²) in [5.74, 6) is -0.251. The van der Waals surface area contributed by atoms with Gasteiger partial charge in [0.2, 0.25) is 5.91 Å². The van der Waals surface area contributed by atoms with Crippen LogP contribution < -0.4 is 10.1 Å². The van der Waals surface area contributed by atoms with E-state index in [0.29, 0.717) is 23.6 Å². The van der Waals surface area contributed by atoms with Crippen LogP contribution in [0.5, 0.6) is 5.75 Å². The topological polar surface area (TPSA) is 38.3 Å². The highest BCUT2D eigenvalue weighted by molar-refractivity contribution is 6.03. The van der Waals surface area contributed by atoms with Crippen LogP contribution in [0.4, 0.5) is 18.9 Å². The largest absolute Gasteiger partial charge is 0.573 e. The maximum Gasteiger partial charge on any atom is 0.573 e. The van der Waals surface area contributed by atoms with Gasteiger partial charge in [-0.05, 0) is 36.1 Å². The third kappa shape index (κ3) is 2.59. The second-order valence-electron chi connectivity index (χ2n) is 5.37. The molecule has 0 spiro atoms. The van der Waals surface area contributed by atoms with Gasteiger partial charge in [-0.15, -0.1) is 13.2 Å². The van der Waals surface area contributed by atoms with E-state index < -0.39 is 6.36 Å². The van der Waals surface area contributed by atoms with Gasteiger partial charge in [-0.25, -0.2) is 0 Å². The lowest BCUT2D eigenvalue weighted by Gasteiger charge is -2.27. The number of carbonyl (C=O) groups is 1. The van der Waals surface area contributed by atoms with E-state index in [1.807, 2.05) is 0 Å². The highest BCUT2D eigenvalue weighted by Crippen LogP contribution is 2.43. The van der Waals surface area contributed by atoms with E-state index in [2.05, 4.69) is 10.1 Å². The standard InChI is InChI=1S/C14H14F3NO2/c15-14(16,17)20-9-4-5-12-10(7-9)11(13(19)18-12)6-8-2-1-3-8/h4-5,7-8,11H,1-3,6H2,(H,18,19). The molecule has 1 aliphatic carbocycles. The predicted molar refractivity (Wildman–Crippen MR) is 66.5 cm³/mol. The van der Waals surface area contributed by atoms with Crippen LogP contribution >= 0.6 is 0 Å². The van der Waals surface area contributed by atoms with Crippen molar-refractivity contribution in [3.05, 3.63) is 23.8 Å². The Morgan fingerprint density at radius 3 is 2.65 bits per heavy atom. The number of hydrogen-bond acceptors (Lipinski definition) is 2. The fraction of sp³-hybridized carbons (Fsp3) is 0.500. The van der Waals surface area contributed by atoms with E-state index in [1.165, 1.54) is 24.6 Å². The van der Waals surface area contributed by atoms with Gasteiger partial charge in [0, 0.05) is 5.69 Å². The summed E-state index contributed by atoms with van der Waals surface area (Å²) in [5, 5.41) is 2.72. The Morgan fingerprint density at radius 2 is 2.05 bits per heavy atom. The average molecular weight is 285 g/mol. The lowest BCUT2D eigenvalue weighted by Crippen LogP contribution is -2.20. The first-order valence-electron chi connectivity index (χ1n) is 6.63. The minimum absolute atomic E-state index is 0.129. The summed E-state index contributed by atoms with van der Waals surface area (Å²) in [4.78, 5) is 11.9. The Bertz CT molecular complexity index is 538. The zero-order chi connectivity index (χ0) is 14.3. The molecule has 3 rings (SSSR count). The van der Waals surface area contributed by atoms with Crippen molar-refractivity contribution in [3.8, 4) is 5.75 Å². The zero-order valence-electron chi connectivity index (χ0n) is 10.7. The second kappa shape index (κ2) is 4.68. The van der Waals surface area contributed by atoms with Gasteiger partial charge in [-0.1, -0.05) is 19.3 Å². The Kier molecular flexibility index (Phi) is 3.11. The number of anilines is 1. The molecule has 0 bridgehead atoms. The summed E-state index contributed by atoms with van der Waals surface area (Å²) in [6.07, 6.45) is -0.652. The number of carbonyl (C=O) groups excluding carboxylic acids is 1. The number of benzene rings is 1. The molecule has 1 N–H and O–H groups in total. The molecule has 0 radical (unpaired) electrons. The molecular weight excluding hydrogens is 271 g/mol. The van der Waals surface area contributed by atoms with Crippen molar-refractivity contribution in [1.29, 1.82) is 0 Å². The van der Waals surface area contributed by atoms with Crippen molar-refractivity contribution in [3.63, 3.8) is 0 Å². The van der Waals surface area contributed by atoms with Crippen molar-refractivity contribution in [2.75, 3.05) is 5.32 Å². The van der Waals surface area contributed by atoms with Gasteiger partial charge in [0.25, 0.3) is 0 Å². The predicted octanol–water partition coefficient (Wildman–Crippen LogP) is 3.81. The van der Waals surface area contributed by atoms with E-state index in [0.717, 1.165) is 12.8 Å². The van der Waals surface area contributed by atoms with Crippen LogP contribution in [-0.4, -0.2) is 12.3 Å². The molecule has 20 heavy (non-hydrogen) atoms. The molecule has 0 saturated heterocycles. The van der Waals surface area contributed by atoms with Gasteiger partial charge < -0.3 is 10.1 Å².